The molecule has 0 radical (unpaired) electrons. The minimum Gasteiger partial charge on any atom is -0.347 e. The molecule has 0 saturated carbocycles. The molecular weight excluding hydrogens is 260 g/mol. The highest BCUT2D eigenvalue weighted by atomic mass is 32.1. The summed E-state index contributed by atoms with van der Waals surface area (Å²) in [5.74, 6) is -0.0980. The molecule has 19 heavy (non-hydrogen) atoms. The van der Waals surface area contributed by atoms with Gasteiger partial charge in [0.25, 0.3) is 5.91 Å². The molecule has 0 aliphatic carbocycles. The van der Waals surface area contributed by atoms with E-state index in [0.717, 1.165) is 31.1 Å². The number of amides is 1. The lowest BCUT2D eigenvalue weighted by molar-refractivity contribution is 0.0926. The van der Waals surface area contributed by atoms with Crippen LogP contribution in [-0.2, 0) is 6.42 Å². The number of carbonyl (C=O) groups excluding carboxylic acids is 1. The molecule has 1 atom stereocenters. The van der Waals surface area contributed by atoms with Crippen molar-refractivity contribution in [3.05, 3.63) is 16.1 Å². The van der Waals surface area contributed by atoms with Gasteiger partial charge in [-0.2, -0.15) is 0 Å². The molecule has 0 saturated heterocycles. The van der Waals surface area contributed by atoms with Gasteiger partial charge in [0.2, 0.25) is 0 Å². The van der Waals surface area contributed by atoms with Crippen molar-refractivity contribution in [3.8, 4) is 0 Å². The second-order valence-electron chi connectivity index (χ2n) is 4.53. The number of hydrogen-bond donors (Lipinski definition) is 2. The average molecular weight is 284 g/mol. The van der Waals surface area contributed by atoms with Crippen LogP contribution >= 0.6 is 11.3 Å². The Kier molecular flexibility index (Phi) is 6.97. The highest BCUT2D eigenvalue weighted by Crippen LogP contribution is 2.10. The van der Waals surface area contributed by atoms with Crippen molar-refractivity contribution < 1.29 is 4.79 Å². The van der Waals surface area contributed by atoms with E-state index in [4.69, 9.17) is 5.73 Å². The van der Waals surface area contributed by atoms with Gasteiger partial charge in [-0.25, -0.2) is 4.98 Å². The predicted molar refractivity (Wildman–Crippen MR) is 79.6 cm³/mol. The second kappa shape index (κ2) is 8.24. The maximum absolute atomic E-state index is 12.0. The van der Waals surface area contributed by atoms with Gasteiger partial charge in [0.05, 0.1) is 5.01 Å². The Bertz CT molecular complexity index is 390. The molecule has 0 fully saturated rings. The molecule has 1 amide bonds. The summed E-state index contributed by atoms with van der Waals surface area (Å²) in [7, 11) is 0. The van der Waals surface area contributed by atoms with Gasteiger partial charge in [-0.15, -0.1) is 11.3 Å². The first-order valence-corrected chi connectivity index (χ1v) is 7.66. The van der Waals surface area contributed by atoms with Crippen LogP contribution in [0.4, 0.5) is 0 Å². The van der Waals surface area contributed by atoms with Crippen molar-refractivity contribution in [2.24, 2.45) is 5.73 Å². The Hall–Kier alpha value is -0.980. The van der Waals surface area contributed by atoms with Gasteiger partial charge in [-0.1, -0.05) is 13.8 Å². The average Bonchev–Trinajstić information content (AvgIpc) is 2.85. The zero-order valence-electron chi connectivity index (χ0n) is 12.0. The van der Waals surface area contributed by atoms with Crippen molar-refractivity contribution in [1.82, 2.24) is 15.2 Å². The molecule has 3 N–H and O–H groups in total. The summed E-state index contributed by atoms with van der Waals surface area (Å²) in [6.45, 7) is 9.67. The summed E-state index contributed by atoms with van der Waals surface area (Å²) < 4.78 is 0. The molecule has 0 aliphatic heterocycles. The molecule has 1 heterocycles. The van der Waals surface area contributed by atoms with Gasteiger partial charge in [0.15, 0.2) is 0 Å². The number of rotatable bonds is 8. The van der Waals surface area contributed by atoms with Crippen molar-refractivity contribution >= 4 is 17.2 Å². The number of nitrogens with two attached hydrogens (primary N) is 1. The topological polar surface area (TPSA) is 71.2 Å². The van der Waals surface area contributed by atoms with Crippen molar-refractivity contribution in [1.29, 1.82) is 0 Å². The van der Waals surface area contributed by atoms with Crippen LogP contribution in [0, 0.1) is 0 Å². The number of aromatic nitrogens is 1. The van der Waals surface area contributed by atoms with E-state index in [-0.39, 0.29) is 11.9 Å². The first kappa shape index (κ1) is 16.1. The molecule has 1 aromatic rings. The van der Waals surface area contributed by atoms with Gasteiger partial charge >= 0.3 is 0 Å². The zero-order valence-corrected chi connectivity index (χ0v) is 12.8. The summed E-state index contributed by atoms with van der Waals surface area (Å²) in [5.41, 5.74) is 5.97. The van der Waals surface area contributed by atoms with E-state index in [0.29, 0.717) is 12.2 Å². The fourth-order valence-electron chi connectivity index (χ4n) is 1.87. The first-order valence-electron chi connectivity index (χ1n) is 6.78. The molecule has 0 aliphatic rings. The van der Waals surface area contributed by atoms with Gasteiger partial charge in [-0.05, 0) is 26.6 Å². The van der Waals surface area contributed by atoms with E-state index in [9.17, 15) is 4.79 Å². The van der Waals surface area contributed by atoms with E-state index in [2.05, 4.69) is 29.0 Å². The quantitative estimate of drug-likeness (QED) is 0.750. The Balaban J connectivity index is 2.48. The van der Waals surface area contributed by atoms with E-state index in [1.165, 1.54) is 11.3 Å². The smallest absolute Gasteiger partial charge is 0.271 e. The highest BCUT2D eigenvalue weighted by molar-refractivity contribution is 7.09. The van der Waals surface area contributed by atoms with Crippen LogP contribution in [0.3, 0.4) is 0 Å². The SMILES string of the molecule is CCN(CC)CC(C)NC(=O)c1csc(CCN)n1. The van der Waals surface area contributed by atoms with Gasteiger partial charge < -0.3 is 16.0 Å². The minimum absolute atomic E-state index is 0.0980. The number of nitrogens with one attached hydrogen (secondary N) is 1. The van der Waals surface area contributed by atoms with Crippen LogP contribution in [0.1, 0.15) is 36.3 Å². The van der Waals surface area contributed by atoms with Crippen molar-refractivity contribution in [2.45, 2.75) is 33.2 Å². The predicted octanol–water partition coefficient (Wildman–Crippen LogP) is 1.10. The monoisotopic (exact) mass is 284 g/mol. The fourth-order valence-corrected chi connectivity index (χ4v) is 2.66. The van der Waals surface area contributed by atoms with E-state index < -0.39 is 0 Å². The largest absolute Gasteiger partial charge is 0.347 e. The number of hydrogen-bond acceptors (Lipinski definition) is 5. The number of thiazole rings is 1. The van der Waals surface area contributed by atoms with Gasteiger partial charge in [0, 0.05) is 24.4 Å². The number of carbonyl (C=O) groups is 1. The number of nitrogens with zero attached hydrogens (tertiary/aromatic N) is 2. The molecule has 1 rings (SSSR count). The standard InChI is InChI=1S/C13H24N4OS/c1-4-17(5-2)8-10(3)15-13(18)11-9-19-12(16-11)6-7-14/h9-10H,4-8,14H2,1-3H3,(H,15,18). The Labute approximate surface area is 119 Å². The molecule has 108 valence electrons. The lowest BCUT2D eigenvalue weighted by Crippen LogP contribution is -2.42. The fraction of sp³-hybridized carbons (Fsp3) is 0.692. The van der Waals surface area contributed by atoms with Crippen LogP contribution in [0.15, 0.2) is 5.38 Å². The molecule has 0 bridgehead atoms. The molecule has 1 unspecified atom stereocenters. The lowest BCUT2D eigenvalue weighted by atomic mass is 10.3. The molecule has 5 nitrogen and oxygen atoms in total. The first-order chi connectivity index (χ1) is 9.10. The van der Waals surface area contributed by atoms with Crippen molar-refractivity contribution in [3.63, 3.8) is 0 Å². The summed E-state index contributed by atoms with van der Waals surface area (Å²) in [5, 5.41) is 5.70. The third-order valence-electron chi connectivity index (χ3n) is 2.95. The molecule has 0 aromatic carbocycles. The van der Waals surface area contributed by atoms with Crippen LogP contribution < -0.4 is 11.1 Å². The maximum atomic E-state index is 12.0. The Morgan fingerprint density at radius 2 is 2.21 bits per heavy atom. The normalized spacial score (nSPS) is 12.7. The van der Waals surface area contributed by atoms with Crippen molar-refractivity contribution in [2.75, 3.05) is 26.2 Å². The van der Waals surface area contributed by atoms with Crippen LogP contribution in [-0.4, -0.2) is 48.0 Å². The Morgan fingerprint density at radius 1 is 1.53 bits per heavy atom. The van der Waals surface area contributed by atoms with E-state index >= 15 is 0 Å². The van der Waals surface area contributed by atoms with Crippen LogP contribution in [0.5, 0.6) is 0 Å². The van der Waals surface area contributed by atoms with E-state index in [1.807, 2.05) is 6.92 Å². The Morgan fingerprint density at radius 3 is 2.79 bits per heavy atom. The third kappa shape index (κ3) is 5.26. The maximum Gasteiger partial charge on any atom is 0.271 e. The van der Waals surface area contributed by atoms with Gasteiger partial charge in [-0.3, -0.25) is 4.79 Å². The summed E-state index contributed by atoms with van der Waals surface area (Å²) >= 11 is 1.49. The number of likely N-dealkylation sites (N-methyl/N-ethyl adjacent to an activating group) is 1. The van der Waals surface area contributed by atoms with Crippen LogP contribution in [0.25, 0.3) is 0 Å². The van der Waals surface area contributed by atoms with E-state index in [1.54, 1.807) is 5.38 Å². The van der Waals surface area contributed by atoms with Crippen LogP contribution in [0.2, 0.25) is 0 Å². The molecule has 0 spiro atoms. The molecular formula is C13H24N4OS. The summed E-state index contributed by atoms with van der Waals surface area (Å²) in [6, 6.07) is 0.118. The molecule has 6 heteroatoms. The van der Waals surface area contributed by atoms with Gasteiger partial charge in [0.1, 0.15) is 5.69 Å². The zero-order chi connectivity index (χ0) is 14.3. The molecule has 1 aromatic heterocycles. The summed E-state index contributed by atoms with van der Waals surface area (Å²) in [6.07, 6.45) is 0.729. The minimum atomic E-state index is -0.0980. The third-order valence-corrected chi connectivity index (χ3v) is 3.86. The summed E-state index contributed by atoms with van der Waals surface area (Å²) in [4.78, 5) is 18.6. The highest BCUT2D eigenvalue weighted by Gasteiger charge is 2.14. The second-order valence-corrected chi connectivity index (χ2v) is 5.47. The lowest BCUT2D eigenvalue weighted by Gasteiger charge is -2.23.